The van der Waals surface area contributed by atoms with Crippen molar-refractivity contribution in [3.8, 4) is 11.1 Å². The fourth-order valence-electron chi connectivity index (χ4n) is 1.68. The maximum atomic E-state index is 13.7. The van der Waals surface area contributed by atoms with Gasteiger partial charge in [0.1, 0.15) is 11.6 Å². The third kappa shape index (κ3) is 3.38. The highest BCUT2D eigenvalue weighted by atomic mass is 19.1. The molecule has 20 heavy (non-hydrogen) atoms. The maximum Gasteiger partial charge on any atom is 0.332 e. The van der Waals surface area contributed by atoms with Crippen LogP contribution >= 0.6 is 0 Å². The molecule has 0 bridgehead atoms. The van der Waals surface area contributed by atoms with Crippen molar-refractivity contribution < 1.29 is 13.6 Å². The van der Waals surface area contributed by atoms with Gasteiger partial charge in [-0.15, -0.1) is 0 Å². The fraction of sp³-hybridized carbons (Fsp3) is 0. The van der Waals surface area contributed by atoms with Gasteiger partial charge in [0.15, 0.2) is 0 Å². The highest BCUT2D eigenvalue weighted by Crippen LogP contribution is 2.23. The first-order chi connectivity index (χ1) is 9.56. The Morgan fingerprint density at radius 1 is 1.20 bits per heavy atom. The van der Waals surface area contributed by atoms with E-state index in [0.29, 0.717) is 11.1 Å². The number of primary amides is 1. The highest BCUT2D eigenvalue weighted by molar-refractivity contribution is 5.83. The number of halogens is 2. The summed E-state index contributed by atoms with van der Waals surface area (Å²) >= 11 is 0. The van der Waals surface area contributed by atoms with Crippen molar-refractivity contribution in [1.82, 2.24) is 5.43 Å². The number of urea groups is 1. The van der Waals surface area contributed by atoms with E-state index in [0.717, 1.165) is 6.07 Å². The van der Waals surface area contributed by atoms with Crippen LogP contribution in [0.3, 0.4) is 0 Å². The first kappa shape index (κ1) is 13.7. The number of carbonyl (C=O) groups excluding carboxylic acids is 1. The minimum absolute atomic E-state index is 0.282. The molecule has 0 unspecified atom stereocenters. The SMILES string of the molecule is NC(=O)NN=Cc1cccc(-c2ccc(F)cc2F)c1. The van der Waals surface area contributed by atoms with Crippen molar-refractivity contribution in [2.24, 2.45) is 10.8 Å². The Morgan fingerprint density at radius 2 is 2.00 bits per heavy atom. The summed E-state index contributed by atoms with van der Waals surface area (Å²) in [6.07, 6.45) is 1.37. The van der Waals surface area contributed by atoms with Gasteiger partial charge < -0.3 is 5.73 Å². The summed E-state index contributed by atoms with van der Waals surface area (Å²) < 4.78 is 26.6. The van der Waals surface area contributed by atoms with Gasteiger partial charge in [-0.05, 0) is 29.3 Å². The van der Waals surface area contributed by atoms with Gasteiger partial charge in [0.25, 0.3) is 0 Å². The van der Waals surface area contributed by atoms with Crippen LogP contribution in [0, 0.1) is 11.6 Å². The number of hydrogen-bond acceptors (Lipinski definition) is 2. The second-order valence-corrected chi connectivity index (χ2v) is 3.98. The first-order valence-corrected chi connectivity index (χ1v) is 5.70. The number of hydrazone groups is 1. The van der Waals surface area contributed by atoms with Crippen LogP contribution in [0.1, 0.15) is 5.56 Å². The number of carbonyl (C=O) groups is 1. The van der Waals surface area contributed by atoms with Gasteiger partial charge >= 0.3 is 6.03 Å². The van der Waals surface area contributed by atoms with E-state index in [2.05, 4.69) is 10.5 Å². The van der Waals surface area contributed by atoms with Crippen LogP contribution < -0.4 is 11.2 Å². The van der Waals surface area contributed by atoms with Crippen molar-refractivity contribution >= 4 is 12.2 Å². The summed E-state index contributed by atoms with van der Waals surface area (Å²) in [7, 11) is 0. The molecule has 3 N–H and O–H groups in total. The van der Waals surface area contributed by atoms with E-state index in [-0.39, 0.29) is 5.56 Å². The number of rotatable bonds is 3. The molecule has 0 spiro atoms. The standard InChI is InChI=1S/C14H11F2N3O/c15-11-4-5-12(13(16)7-11)10-3-1-2-9(6-10)8-18-19-14(17)20/h1-8H,(H3,17,19,20). The number of amides is 2. The Labute approximate surface area is 113 Å². The molecular formula is C14H11F2N3O. The Bertz CT molecular complexity index is 671. The van der Waals surface area contributed by atoms with Gasteiger partial charge in [-0.1, -0.05) is 18.2 Å². The summed E-state index contributed by atoms with van der Waals surface area (Å²) in [5.74, 6) is -1.27. The van der Waals surface area contributed by atoms with E-state index >= 15 is 0 Å². The molecule has 2 aromatic rings. The van der Waals surface area contributed by atoms with E-state index < -0.39 is 17.7 Å². The van der Waals surface area contributed by atoms with Crippen LogP contribution in [0.25, 0.3) is 11.1 Å². The monoisotopic (exact) mass is 275 g/mol. The average Bonchev–Trinajstić information content (AvgIpc) is 2.38. The summed E-state index contributed by atoms with van der Waals surface area (Å²) in [6, 6.07) is 9.36. The van der Waals surface area contributed by atoms with Gasteiger partial charge in [-0.2, -0.15) is 5.10 Å². The van der Waals surface area contributed by atoms with E-state index in [1.807, 2.05) is 0 Å². The quantitative estimate of drug-likeness (QED) is 0.656. The van der Waals surface area contributed by atoms with Crippen molar-refractivity contribution in [1.29, 1.82) is 0 Å². The first-order valence-electron chi connectivity index (χ1n) is 5.70. The summed E-state index contributed by atoms with van der Waals surface area (Å²) in [4.78, 5) is 10.5. The van der Waals surface area contributed by atoms with E-state index in [1.54, 1.807) is 24.3 Å². The molecule has 0 aromatic heterocycles. The largest absolute Gasteiger partial charge is 0.350 e. The second-order valence-electron chi connectivity index (χ2n) is 3.98. The summed E-state index contributed by atoms with van der Waals surface area (Å²) in [5, 5.41) is 3.61. The number of nitrogens with one attached hydrogen (secondary N) is 1. The molecule has 0 aliphatic heterocycles. The van der Waals surface area contributed by atoms with E-state index in [4.69, 9.17) is 5.73 Å². The van der Waals surface area contributed by atoms with Crippen molar-refractivity contribution in [3.63, 3.8) is 0 Å². The van der Waals surface area contributed by atoms with Crippen molar-refractivity contribution in [2.75, 3.05) is 0 Å². The Kier molecular flexibility index (Phi) is 4.05. The Morgan fingerprint density at radius 3 is 2.70 bits per heavy atom. The lowest BCUT2D eigenvalue weighted by atomic mass is 10.0. The normalized spacial score (nSPS) is 10.7. The van der Waals surface area contributed by atoms with Gasteiger partial charge in [-0.3, -0.25) is 0 Å². The molecule has 0 aliphatic rings. The van der Waals surface area contributed by atoms with Crippen molar-refractivity contribution in [3.05, 3.63) is 59.7 Å². The molecule has 0 saturated carbocycles. The molecule has 6 heteroatoms. The van der Waals surface area contributed by atoms with Gasteiger partial charge in [-0.25, -0.2) is 19.0 Å². The molecule has 0 saturated heterocycles. The molecule has 2 amide bonds. The Hall–Kier alpha value is -2.76. The average molecular weight is 275 g/mol. The number of nitrogens with two attached hydrogens (primary N) is 1. The van der Waals surface area contributed by atoms with Crippen LogP contribution in [0.15, 0.2) is 47.6 Å². The third-order valence-electron chi connectivity index (χ3n) is 2.52. The van der Waals surface area contributed by atoms with Crippen molar-refractivity contribution in [2.45, 2.75) is 0 Å². The molecule has 0 fully saturated rings. The molecule has 2 aromatic carbocycles. The lowest BCUT2D eigenvalue weighted by Crippen LogP contribution is -2.24. The van der Waals surface area contributed by atoms with Crippen LogP contribution in [-0.2, 0) is 0 Å². The third-order valence-corrected chi connectivity index (χ3v) is 2.52. The molecule has 102 valence electrons. The maximum absolute atomic E-state index is 13.7. The zero-order valence-corrected chi connectivity index (χ0v) is 10.3. The number of hydrogen-bond donors (Lipinski definition) is 2. The topological polar surface area (TPSA) is 67.5 Å². The van der Waals surface area contributed by atoms with E-state index in [1.165, 1.54) is 18.3 Å². The molecule has 0 atom stereocenters. The van der Waals surface area contributed by atoms with Gasteiger partial charge in [0, 0.05) is 11.6 Å². The van der Waals surface area contributed by atoms with Crippen LogP contribution in [0.4, 0.5) is 13.6 Å². The zero-order chi connectivity index (χ0) is 14.5. The molecule has 4 nitrogen and oxygen atoms in total. The molecule has 2 rings (SSSR count). The summed E-state index contributed by atoms with van der Waals surface area (Å²) in [5.41, 5.74) is 8.41. The van der Waals surface area contributed by atoms with Crippen LogP contribution in [0.2, 0.25) is 0 Å². The predicted molar refractivity (Wildman–Crippen MR) is 72.1 cm³/mol. The highest BCUT2D eigenvalue weighted by Gasteiger charge is 2.06. The smallest absolute Gasteiger partial charge is 0.332 e. The molecule has 0 aliphatic carbocycles. The van der Waals surface area contributed by atoms with Crippen LogP contribution in [0.5, 0.6) is 0 Å². The minimum Gasteiger partial charge on any atom is -0.350 e. The number of nitrogens with zero attached hydrogens (tertiary/aromatic N) is 1. The lowest BCUT2D eigenvalue weighted by molar-refractivity contribution is 0.249. The summed E-state index contributed by atoms with van der Waals surface area (Å²) in [6.45, 7) is 0. The fourth-order valence-corrected chi connectivity index (χ4v) is 1.68. The predicted octanol–water partition coefficient (Wildman–Crippen LogP) is 2.63. The number of benzene rings is 2. The second kappa shape index (κ2) is 5.92. The lowest BCUT2D eigenvalue weighted by Gasteiger charge is -2.04. The molecular weight excluding hydrogens is 264 g/mol. The van der Waals surface area contributed by atoms with Gasteiger partial charge in [0.05, 0.1) is 6.21 Å². The van der Waals surface area contributed by atoms with E-state index in [9.17, 15) is 13.6 Å². The van der Waals surface area contributed by atoms with Crippen LogP contribution in [-0.4, -0.2) is 12.2 Å². The minimum atomic E-state index is -0.776. The molecule has 0 heterocycles. The van der Waals surface area contributed by atoms with Gasteiger partial charge in [0.2, 0.25) is 0 Å². The molecule has 0 radical (unpaired) electrons. The zero-order valence-electron chi connectivity index (χ0n) is 10.3. The Balaban J connectivity index is 2.29.